The van der Waals surface area contributed by atoms with Gasteiger partial charge in [0.2, 0.25) is 0 Å². The molecule has 0 saturated heterocycles. The van der Waals surface area contributed by atoms with E-state index in [4.69, 9.17) is 10.4 Å². The van der Waals surface area contributed by atoms with Crippen molar-refractivity contribution in [2.45, 2.75) is 13.3 Å². The second-order valence-electron chi connectivity index (χ2n) is 4.40. The quantitative estimate of drug-likeness (QED) is 0.809. The number of aromatic carboxylic acids is 1. The van der Waals surface area contributed by atoms with E-state index in [1.54, 1.807) is 12.1 Å². The molecule has 1 aromatic carbocycles. The van der Waals surface area contributed by atoms with E-state index in [-0.39, 0.29) is 5.56 Å². The van der Waals surface area contributed by atoms with Crippen molar-refractivity contribution in [1.82, 2.24) is 0 Å². The maximum absolute atomic E-state index is 10.9. The van der Waals surface area contributed by atoms with Crippen LogP contribution in [0.15, 0.2) is 29.8 Å². The first-order valence-corrected chi connectivity index (χ1v) is 5.80. The van der Waals surface area contributed by atoms with E-state index in [0.717, 1.165) is 25.2 Å². The number of carbonyl (C=O) groups is 1. The number of carboxylic acid groups (broad SMARTS) is 1. The number of nitrogens with zero attached hydrogens (tertiary/aromatic N) is 2. The molecule has 0 bridgehead atoms. The van der Waals surface area contributed by atoms with E-state index in [0.29, 0.717) is 5.56 Å². The van der Waals surface area contributed by atoms with Crippen molar-refractivity contribution in [3.05, 3.63) is 41.0 Å². The molecule has 4 nitrogen and oxygen atoms in total. The first-order valence-electron chi connectivity index (χ1n) is 5.80. The summed E-state index contributed by atoms with van der Waals surface area (Å²) in [7, 11) is 0. The van der Waals surface area contributed by atoms with E-state index >= 15 is 0 Å². The van der Waals surface area contributed by atoms with Gasteiger partial charge >= 0.3 is 5.97 Å². The number of benzene rings is 1. The fourth-order valence-corrected chi connectivity index (χ4v) is 2.02. The molecular formula is C14H14N2O2. The minimum Gasteiger partial charge on any atom is -0.478 e. The Morgan fingerprint density at radius 1 is 1.50 bits per heavy atom. The predicted molar refractivity (Wildman–Crippen MR) is 68.7 cm³/mol. The van der Waals surface area contributed by atoms with Crippen molar-refractivity contribution >= 4 is 11.7 Å². The van der Waals surface area contributed by atoms with E-state index < -0.39 is 5.97 Å². The van der Waals surface area contributed by atoms with E-state index in [1.807, 2.05) is 0 Å². The van der Waals surface area contributed by atoms with Crippen LogP contribution in [-0.4, -0.2) is 24.2 Å². The summed E-state index contributed by atoms with van der Waals surface area (Å²) in [4.78, 5) is 13.0. The van der Waals surface area contributed by atoms with E-state index in [2.05, 4.69) is 24.0 Å². The summed E-state index contributed by atoms with van der Waals surface area (Å²) in [6, 6.07) is 6.77. The van der Waals surface area contributed by atoms with Crippen LogP contribution in [0.25, 0.3) is 0 Å². The lowest BCUT2D eigenvalue weighted by Crippen LogP contribution is -2.28. The fraction of sp³-hybridized carbons (Fsp3) is 0.286. The summed E-state index contributed by atoms with van der Waals surface area (Å²) in [5, 5.41) is 18.0. The van der Waals surface area contributed by atoms with Crippen LogP contribution in [-0.2, 0) is 0 Å². The van der Waals surface area contributed by atoms with Crippen molar-refractivity contribution in [2.75, 3.05) is 18.0 Å². The molecule has 0 unspecified atom stereocenters. The predicted octanol–water partition coefficient (Wildman–Crippen LogP) is 2.41. The van der Waals surface area contributed by atoms with Crippen LogP contribution in [0.1, 0.15) is 29.3 Å². The van der Waals surface area contributed by atoms with Crippen LogP contribution >= 0.6 is 0 Å². The van der Waals surface area contributed by atoms with Crippen LogP contribution < -0.4 is 4.90 Å². The van der Waals surface area contributed by atoms with Crippen molar-refractivity contribution in [1.29, 1.82) is 5.26 Å². The summed E-state index contributed by atoms with van der Waals surface area (Å²) in [6.45, 7) is 3.73. The average molecular weight is 242 g/mol. The van der Waals surface area contributed by atoms with Crippen LogP contribution in [0, 0.1) is 11.3 Å². The molecule has 0 fully saturated rings. The molecule has 0 saturated carbocycles. The van der Waals surface area contributed by atoms with Crippen LogP contribution in [0.4, 0.5) is 5.69 Å². The molecule has 4 heteroatoms. The molecule has 1 N–H and O–H groups in total. The number of hydrogen-bond acceptors (Lipinski definition) is 3. The van der Waals surface area contributed by atoms with E-state index in [1.165, 1.54) is 11.6 Å². The SMILES string of the molecule is CC1=CCN(c2ccc(C(=O)O)cc2C#N)CC1. The van der Waals surface area contributed by atoms with Crippen molar-refractivity contribution in [3.63, 3.8) is 0 Å². The first-order chi connectivity index (χ1) is 8.61. The number of nitriles is 1. The Kier molecular flexibility index (Phi) is 3.33. The zero-order valence-electron chi connectivity index (χ0n) is 10.2. The Morgan fingerprint density at radius 2 is 2.28 bits per heavy atom. The molecular weight excluding hydrogens is 228 g/mol. The lowest BCUT2D eigenvalue weighted by Gasteiger charge is -2.28. The molecule has 0 atom stereocenters. The highest BCUT2D eigenvalue weighted by atomic mass is 16.4. The molecule has 0 aliphatic carbocycles. The molecule has 92 valence electrons. The largest absolute Gasteiger partial charge is 0.478 e. The Bertz CT molecular complexity index is 555. The number of rotatable bonds is 2. The van der Waals surface area contributed by atoms with Gasteiger partial charge in [0.15, 0.2) is 0 Å². The number of hydrogen-bond donors (Lipinski definition) is 1. The Balaban J connectivity index is 2.34. The molecule has 0 amide bonds. The molecule has 0 radical (unpaired) electrons. The normalized spacial score (nSPS) is 14.9. The van der Waals surface area contributed by atoms with Gasteiger partial charge in [-0.15, -0.1) is 0 Å². The molecule has 1 aromatic rings. The Morgan fingerprint density at radius 3 is 2.83 bits per heavy atom. The summed E-state index contributed by atoms with van der Waals surface area (Å²) in [5.74, 6) is -1.01. The van der Waals surface area contributed by atoms with Gasteiger partial charge in [0.25, 0.3) is 0 Å². The van der Waals surface area contributed by atoms with Gasteiger partial charge in [-0.25, -0.2) is 4.79 Å². The summed E-state index contributed by atoms with van der Waals surface area (Å²) < 4.78 is 0. The van der Waals surface area contributed by atoms with Crippen molar-refractivity contribution < 1.29 is 9.90 Å². The zero-order valence-corrected chi connectivity index (χ0v) is 10.2. The van der Waals surface area contributed by atoms with Crippen LogP contribution in [0.2, 0.25) is 0 Å². The van der Waals surface area contributed by atoms with Crippen LogP contribution in [0.5, 0.6) is 0 Å². The molecule has 0 aromatic heterocycles. The van der Waals surface area contributed by atoms with Gasteiger partial charge < -0.3 is 10.0 Å². The number of carboxylic acids is 1. The van der Waals surface area contributed by atoms with Gasteiger partial charge in [-0.2, -0.15) is 5.26 Å². The highest BCUT2D eigenvalue weighted by Crippen LogP contribution is 2.24. The molecule has 2 rings (SSSR count). The lowest BCUT2D eigenvalue weighted by molar-refractivity contribution is 0.0697. The third-order valence-corrected chi connectivity index (χ3v) is 3.14. The van der Waals surface area contributed by atoms with Crippen LogP contribution in [0.3, 0.4) is 0 Å². The monoisotopic (exact) mass is 242 g/mol. The molecule has 18 heavy (non-hydrogen) atoms. The smallest absolute Gasteiger partial charge is 0.335 e. The van der Waals surface area contributed by atoms with Gasteiger partial charge in [-0.05, 0) is 31.5 Å². The van der Waals surface area contributed by atoms with Gasteiger partial charge in [-0.3, -0.25) is 0 Å². The average Bonchev–Trinajstić information content (AvgIpc) is 2.39. The van der Waals surface area contributed by atoms with Gasteiger partial charge in [-0.1, -0.05) is 11.6 Å². The topological polar surface area (TPSA) is 64.3 Å². The second-order valence-corrected chi connectivity index (χ2v) is 4.40. The summed E-state index contributed by atoms with van der Waals surface area (Å²) in [6.07, 6.45) is 3.11. The van der Waals surface area contributed by atoms with Crippen molar-refractivity contribution in [3.8, 4) is 6.07 Å². The van der Waals surface area contributed by atoms with E-state index in [9.17, 15) is 4.79 Å². The molecule has 1 aliphatic heterocycles. The van der Waals surface area contributed by atoms with Gasteiger partial charge in [0, 0.05) is 13.1 Å². The Labute approximate surface area is 106 Å². The maximum atomic E-state index is 10.9. The van der Waals surface area contributed by atoms with Gasteiger partial charge in [0.05, 0.1) is 16.8 Å². The summed E-state index contributed by atoms with van der Waals surface area (Å²) in [5.41, 5.74) is 2.74. The number of anilines is 1. The highest BCUT2D eigenvalue weighted by Gasteiger charge is 2.15. The third kappa shape index (κ3) is 2.35. The minimum absolute atomic E-state index is 0.152. The molecule has 0 spiro atoms. The third-order valence-electron chi connectivity index (χ3n) is 3.14. The first kappa shape index (κ1) is 12.2. The molecule has 1 aliphatic rings. The fourth-order valence-electron chi connectivity index (χ4n) is 2.02. The zero-order chi connectivity index (χ0) is 13.1. The minimum atomic E-state index is -1.01. The Hall–Kier alpha value is -2.28. The highest BCUT2D eigenvalue weighted by molar-refractivity contribution is 5.89. The standard InChI is InChI=1S/C14H14N2O2/c1-10-4-6-16(7-5-10)13-3-2-11(14(17)18)8-12(13)9-15/h2-4,8H,5-7H2,1H3,(H,17,18). The summed E-state index contributed by atoms with van der Waals surface area (Å²) >= 11 is 0. The lowest BCUT2D eigenvalue weighted by atomic mass is 10.1. The second kappa shape index (κ2) is 4.92. The van der Waals surface area contributed by atoms with Gasteiger partial charge in [0.1, 0.15) is 6.07 Å². The van der Waals surface area contributed by atoms with Crippen molar-refractivity contribution in [2.24, 2.45) is 0 Å². The maximum Gasteiger partial charge on any atom is 0.335 e. The molecule has 1 heterocycles.